The first kappa shape index (κ1) is 14.9. The number of carbonyl (C=O) groups is 1. The third-order valence-electron chi connectivity index (χ3n) is 3.07. The molecule has 6 heteroatoms. The van der Waals surface area contributed by atoms with Gasteiger partial charge in [0.2, 0.25) is 0 Å². The molecule has 0 aliphatic heterocycles. The van der Waals surface area contributed by atoms with Crippen LogP contribution in [0.3, 0.4) is 0 Å². The van der Waals surface area contributed by atoms with E-state index in [9.17, 15) is 4.79 Å². The lowest BCUT2D eigenvalue weighted by molar-refractivity contribution is 0.0950. The molecule has 1 aromatic carbocycles. The van der Waals surface area contributed by atoms with Crippen LogP contribution in [0.1, 0.15) is 16.1 Å². The van der Waals surface area contributed by atoms with Crippen LogP contribution in [-0.4, -0.2) is 15.9 Å². The molecule has 0 aliphatic carbocycles. The predicted molar refractivity (Wildman–Crippen MR) is 90.7 cm³/mol. The molecule has 0 aliphatic rings. The summed E-state index contributed by atoms with van der Waals surface area (Å²) >= 11 is 4.97. The molecule has 1 amide bonds. The van der Waals surface area contributed by atoms with Gasteiger partial charge in [0.25, 0.3) is 5.91 Å². The Labute approximate surface area is 140 Å². The zero-order chi connectivity index (χ0) is 15.4. The second-order valence-electron chi connectivity index (χ2n) is 4.56. The summed E-state index contributed by atoms with van der Waals surface area (Å²) in [5.74, 6) is -0.136. The molecule has 0 fully saturated rings. The van der Waals surface area contributed by atoms with Crippen molar-refractivity contribution < 1.29 is 4.79 Å². The molecule has 2 heterocycles. The van der Waals surface area contributed by atoms with Crippen molar-refractivity contribution in [3.63, 3.8) is 0 Å². The van der Waals surface area contributed by atoms with Gasteiger partial charge in [-0.05, 0) is 29.6 Å². The number of rotatable bonds is 4. The van der Waals surface area contributed by atoms with Gasteiger partial charge in [0.05, 0.1) is 17.9 Å². The Kier molecular flexibility index (Phi) is 4.60. The van der Waals surface area contributed by atoms with Crippen molar-refractivity contribution in [1.82, 2.24) is 15.3 Å². The zero-order valence-corrected chi connectivity index (χ0v) is 13.9. The number of amides is 1. The minimum absolute atomic E-state index is 0.136. The summed E-state index contributed by atoms with van der Waals surface area (Å²) in [6.45, 7) is 0.338. The molecule has 0 saturated heterocycles. The average molecular weight is 374 g/mol. The number of thiophene rings is 1. The van der Waals surface area contributed by atoms with E-state index in [4.69, 9.17) is 0 Å². The maximum atomic E-state index is 12.2. The Balaban J connectivity index is 1.76. The molecule has 0 spiro atoms. The number of aromatic nitrogens is 2. The quantitative estimate of drug-likeness (QED) is 0.754. The number of nitrogens with one attached hydrogen (secondary N) is 1. The van der Waals surface area contributed by atoms with E-state index in [1.54, 1.807) is 35.9 Å². The second-order valence-corrected chi connectivity index (χ2v) is 6.25. The highest BCUT2D eigenvalue weighted by Gasteiger charge is 2.11. The second kappa shape index (κ2) is 6.81. The van der Waals surface area contributed by atoms with Crippen molar-refractivity contribution in [2.45, 2.75) is 6.54 Å². The van der Waals surface area contributed by atoms with Crippen molar-refractivity contribution in [3.05, 3.63) is 69.2 Å². The number of carbonyl (C=O) groups excluding carboxylic acids is 1. The zero-order valence-electron chi connectivity index (χ0n) is 11.5. The van der Waals surface area contributed by atoms with Gasteiger partial charge in [0.1, 0.15) is 0 Å². The van der Waals surface area contributed by atoms with Crippen LogP contribution in [-0.2, 0) is 6.54 Å². The summed E-state index contributed by atoms with van der Waals surface area (Å²) in [6.07, 6.45) is 3.29. The minimum atomic E-state index is -0.136. The summed E-state index contributed by atoms with van der Waals surface area (Å²) in [4.78, 5) is 20.9. The molecule has 0 radical (unpaired) electrons. The van der Waals surface area contributed by atoms with Crippen LogP contribution >= 0.6 is 27.3 Å². The normalized spacial score (nSPS) is 10.4. The van der Waals surface area contributed by atoms with Crippen LogP contribution in [0.25, 0.3) is 11.3 Å². The summed E-state index contributed by atoms with van der Waals surface area (Å²) in [7, 11) is 0. The molecule has 0 bridgehead atoms. The van der Waals surface area contributed by atoms with E-state index < -0.39 is 0 Å². The molecule has 3 rings (SSSR count). The lowest BCUT2D eigenvalue weighted by Gasteiger charge is -2.08. The van der Waals surface area contributed by atoms with Crippen LogP contribution < -0.4 is 5.32 Å². The molecular weight excluding hydrogens is 362 g/mol. The highest BCUT2D eigenvalue weighted by molar-refractivity contribution is 9.10. The van der Waals surface area contributed by atoms with Crippen LogP contribution in [0.2, 0.25) is 0 Å². The first-order valence-electron chi connectivity index (χ1n) is 6.60. The molecule has 0 atom stereocenters. The van der Waals surface area contributed by atoms with E-state index >= 15 is 0 Å². The van der Waals surface area contributed by atoms with Gasteiger partial charge in [-0.2, -0.15) is 11.3 Å². The van der Waals surface area contributed by atoms with Crippen molar-refractivity contribution in [2.24, 2.45) is 0 Å². The molecule has 3 aromatic rings. The van der Waals surface area contributed by atoms with Crippen molar-refractivity contribution in [3.8, 4) is 11.3 Å². The molecule has 1 N–H and O–H groups in total. The van der Waals surface area contributed by atoms with Gasteiger partial charge in [-0.3, -0.25) is 14.8 Å². The van der Waals surface area contributed by atoms with E-state index in [1.807, 2.05) is 29.0 Å². The third kappa shape index (κ3) is 3.40. The predicted octanol–water partition coefficient (Wildman–Crippen LogP) is 3.90. The van der Waals surface area contributed by atoms with Gasteiger partial charge in [-0.15, -0.1) is 0 Å². The smallest absolute Gasteiger partial charge is 0.251 e. The fourth-order valence-corrected chi connectivity index (χ4v) is 3.07. The molecular formula is C16H12BrN3OS. The summed E-state index contributed by atoms with van der Waals surface area (Å²) in [5.41, 5.74) is 3.18. The Morgan fingerprint density at radius 3 is 2.86 bits per heavy atom. The van der Waals surface area contributed by atoms with Crippen molar-refractivity contribution in [1.29, 1.82) is 0 Å². The van der Waals surface area contributed by atoms with Gasteiger partial charge >= 0.3 is 0 Å². The highest BCUT2D eigenvalue weighted by Crippen LogP contribution is 2.22. The average Bonchev–Trinajstić information content (AvgIpc) is 3.07. The lowest BCUT2D eigenvalue weighted by Crippen LogP contribution is -2.23. The van der Waals surface area contributed by atoms with E-state index in [2.05, 4.69) is 31.2 Å². The first-order chi connectivity index (χ1) is 10.7. The monoisotopic (exact) mass is 373 g/mol. The van der Waals surface area contributed by atoms with Gasteiger partial charge in [0.15, 0.2) is 0 Å². The van der Waals surface area contributed by atoms with Crippen LogP contribution in [0, 0.1) is 0 Å². The number of hydrogen-bond acceptors (Lipinski definition) is 4. The van der Waals surface area contributed by atoms with Crippen LogP contribution in [0.15, 0.2) is 58.0 Å². The van der Waals surface area contributed by atoms with Gasteiger partial charge in [-0.1, -0.05) is 22.0 Å². The first-order valence-corrected chi connectivity index (χ1v) is 8.34. The molecule has 4 nitrogen and oxygen atoms in total. The number of halogens is 1. The van der Waals surface area contributed by atoms with Gasteiger partial charge < -0.3 is 5.32 Å². The van der Waals surface area contributed by atoms with Crippen LogP contribution in [0.5, 0.6) is 0 Å². The fourth-order valence-electron chi connectivity index (χ4n) is 2.03. The summed E-state index contributed by atoms with van der Waals surface area (Å²) < 4.78 is 0.874. The number of hydrogen-bond donors (Lipinski definition) is 1. The molecule has 22 heavy (non-hydrogen) atoms. The summed E-state index contributed by atoms with van der Waals surface area (Å²) in [5, 5.41) is 6.90. The van der Waals surface area contributed by atoms with Crippen LogP contribution in [0.4, 0.5) is 0 Å². The molecule has 110 valence electrons. The van der Waals surface area contributed by atoms with Crippen molar-refractivity contribution >= 4 is 33.2 Å². The third-order valence-corrected chi connectivity index (χ3v) is 4.25. The topological polar surface area (TPSA) is 54.9 Å². The summed E-state index contributed by atoms with van der Waals surface area (Å²) in [6, 6.07) is 9.27. The van der Waals surface area contributed by atoms with Gasteiger partial charge in [0, 0.05) is 33.4 Å². The molecule has 2 aromatic heterocycles. The van der Waals surface area contributed by atoms with Crippen molar-refractivity contribution in [2.75, 3.05) is 0 Å². The standard InChI is InChI=1S/C16H12BrN3OS/c17-13-3-1-2-11(8-13)16(21)20-9-14-15(19-6-5-18-14)12-4-7-22-10-12/h1-8,10H,9H2,(H,20,21). The largest absolute Gasteiger partial charge is 0.346 e. The minimum Gasteiger partial charge on any atom is -0.346 e. The Bertz CT molecular complexity index is 790. The maximum Gasteiger partial charge on any atom is 0.251 e. The van der Waals surface area contributed by atoms with E-state index in [0.29, 0.717) is 12.1 Å². The highest BCUT2D eigenvalue weighted by atomic mass is 79.9. The molecule has 0 saturated carbocycles. The van der Waals surface area contributed by atoms with E-state index in [-0.39, 0.29) is 5.91 Å². The Hall–Kier alpha value is -2.05. The van der Waals surface area contributed by atoms with Gasteiger partial charge in [-0.25, -0.2) is 0 Å². The number of nitrogens with zero attached hydrogens (tertiary/aromatic N) is 2. The number of benzene rings is 1. The molecule has 0 unspecified atom stereocenters. The lowest BCUT2D eigenvalue weighted by atomic mass is 10.1. The fraction of sp³-hybridized carbons (Fsp3) is 0.0625. The van der Waals surface area contributed by atoms with E-state index in [0.717, 1.165) is 21.4 Å². The SMILES string of the molecule is O=C(NCc1nccnc1-c1ccsc1)c1cccc(Br)c1. The maximum absolute atomic E-state index is 12.2. The Morgan fingerprint density at radius 1 is 1.23 bits per heavy atom. The van der Waals surface area contributed by atoms with E-state index in [1.165, 1.54) is 0 Å². The Morgan fingerprint density at radius 2 is 2.09 bits per heavy atom.